The third-order valence-electron chi connectivity index (χ3n) is 2.90. The van der Waals surface area contributed by atoms with Crippen molar-refractivity contribution in [2.45, 2.75) is 24.6 Å². The summed E-state index contributed by atoms with van der Waals surface area (Å²) in [7, 11) is 1.83. The van der Waals surface area contributed by atoms with Gasteiger partial charge in [0.2, 0.25) is 5.91 Å². The summed E-state index contributed by atoms with van der Waals surface area (Å²) in [6.07, 6.45) is 1.60. The Bertz CT molecular complexity index is 403. The second-order valence-electron chi connectivity index (χ2n) is 3.89. The maximum atomic E-state index is 11.5. The molecule has 0 saturated carbocycles. The summed E-state index contributed by atoms with van der Waals surface area (Å²) in [6.45, 7) is 2.14. The normalized spacial score (nSPS) is 16.7. The molecule has 0 aliphatic carbocycles. The van der Waals surface area contributed by atoms with Crippen molar-refractivity contribution < 1.29 is 4.79 Å². The molecule has 0 aromatic heterocycles. The number of carbonyl (C=O) groups is 1. The summed E-state index contributed by atoms with van der Waals surface area (Å²) in [4.78, 5) is 13.6. The van der Waals surface area contributed by atoms with Crippen LogP contribution in [-0.4, -0.2) is 13.0 Å². The molecule has 1 aromatic carbocycles. The molecule has 15 heavy (non-hydrogen) atoms. The van der Waals surface area contributed by atoms with Gasteiger partial charge in [-0.25, -0.2) is 0 Å². The van der Waals surface area contributed by atoms with Gasteiger partial charge in [-0.05, 0) is 23.6 Å². The molecule has 1 atom stereocenters. The molecule has 1 heterocycles. The van der Waals surface area contributed by atoms with Crippen molar-refractivity contribution >= 4 is 27.5 Å². The number of anilines is 1. The number of nitrogens with zero attached hydrogens (tertiary/aromatic N) is 1. The topological polar surface area (TPSA) is 20.3 Å². The van der Waals surface area contributed by atoms with Crippen molar-refractivity contribution in [2.75, 3.05) is 11.9 Å². The van der Waals surface area contributed by atoms with Crippen LogP contribution >= 0.6 is 15.9 Å². The molecule has 2 rings (SSSR count). The molecular weight excluding hydrogens is 254 g/mol. The van der Waals surface area contributed by atoms with Gasteiger partial charge in [0.15, 0.2) is 0 Å². The largest absolute Gasteiger partial charge is 0.315 e. The fourth-order valence-corrected chi connectivity index (χ4v) is 2.21. The molecule has 1 unspecified atom stereocenters. The van der Waals surface area contributed by atoms with Crippen molar-refractivity contribution in [1.29, 1.82) is 0 Å². The Balaban J connectivity index is 2.37. The molecule has 0 spiro atoms. The molecule has 0 N–H and O–H groups in total. The predicted octanol–water partition coefficient (Wildman–Crippen LogP) is 3.05. The molecule has 0 fully saturated rings. The summed E-state index contributed by atoms with van der Waals surface area (Å²) in [5.74, 6) is 0.185. The van der Waals surface area contributed by atoms with Crippen molar-refractivity contribution in [3.63, 3.8) is 0 Å². The highest BCUT2D eigenvalue weighted by molar-refractivity contribution is 9.09. The van der Waals surface area contributed by atoms with Gasteiger partial charge in [-0.3, -0.25) is 4.79 Å². The van der Waals surface area contributed by atoms with Crippen LogP contribution in [0.2, 0.25) is 0 Å². The SMILES string of the molecule is CCC(Br)c1ccc2c(c1)CC(=O)N2C. The molecule has 80 valence electrons. The van der Waals surface area contributed by atoms with Gasteiger partial charge in [0, 0.05) is 17.6 Å². The molecule has 0 bridgehead atoms. The van der Waals surface area contributed by atoms with E-state index in [-0.39, 0.29) is 5.91 Å². The van der Waals surface area contributed by atoms with Crippen molar-refractivity contribution in [3.8, 4) is 0 Å². The number of benzene rings is 1. The van der Waals surface area contributed by atoms with Crippen LogP contribution < -0.4 is 4.90 Å². The van der Waals surface area contributed by atoms with Gasteiger partial charge >= 0.3 is 0 Å². The molecule has 1 aromatic rings. The maximum absolute atomic E-state index is 11.5. The summed E-state index contributed by atoms with van der Waals surface area (Å²) in [5.41, 5.74) is 3.47. The van der Waals surface area contributed by atoms with Crippen LogP contribution in [-0.2, 0) is 11.2 Å². The van der Waals surface area contributed by atoms with E-state index in [9.17, 15) is 4.79 Å². The van der Waals surface area contributed by atoms with Crippen LogP contribution in [0.4, 0.5) is 5.69 Å². The van der Waals surface area contributed by atoms with Crippen LogP contribution in [0.5, 0.6) is 0 Å². The predicted molar refractivity (Wildman–Crippen MR) is 65.5 cm³/mol. The number of rotatable bonds is 2. The van der Waals surface area contributed by atoms with Crippen LogP contribution in [0.25, 0.3) is 0 Å². The first kappa shape index (κ1) is 10.7. The third kappa shape index (κ3) is 1.81. The zero-order valence-electron chi connectivity index (χ0n) is 8.96. The fourth-order valence-electron chi connectivity index (χ4n) is 1.92. The Hall–Kier alpha value is -0.830. The van der Waals surface area contributed by atoms with E-state index in [0.717, 1.165) is 17.7 Å². The highest BCUT2D eigenvalue weighted by Crippen LogP contribution is 2.33. The minimum Gasteiger partial charge on any atom is -0.315 e. The van der Waals surface area contributed by atoms with Crippen LogP contribution in [0.3, 0.4) is 0 Å². The second kappa shape index (κ2) is 3.97. The Morgan fingerprint density at radius 3 is 2.93 bits per heavy atom. The Morgan fingerprint density at radius 1 is 1.53 bits per heavy atom. The quantitative estimate of drug-likeness (QED) is 0.755. The van der Waals surface area contributed by atoms with E-state index in [2.05, 4.69) is 35.0 Å². The van der Waals surface area contributed by atoms with E-state index in [1.54, 1.807) is 4.90 Å². The van der Waals surface area contributed by atoms with E-state index in [4.69, 9.17) is 0 Å². The van der Waals surface area contributed by atoms with Crippen molar-refractivity contribution in [1.82, 2.24) is 0 Å². The standard InChI is InChI=1S/C12H14BrNO/c1-3-10(13)8-4-5-11-9(6-8)7-12(15)14(11)2/h4-6,10H,3,7H2,1-2H3. The Kier molecular flexibility index (Phi) is 2.83. The lowest BCUT2D eigenvalue weighted by Crippen LogP contribution is -2.20. The number of carbonyl (C=O) groups excluding carboxylic acids is 1. The lowest BCUT2D eigenvalue weighted by Gasteiger charge is -2.12. The number of likely N-dealkylation sites (N-methyl/N-ethyl adjacent to an activating group) is 1. The Morgan fingerprint density at radius 2 is 2.27 bits per heavy atom. The first-order chi connectivity index (χ1) is 7.13. The second-order valence-corrected chi connectivity index (χ2v) is 5.00. The molecule has 1 aliphatic rings. The molecule has 2 nitrogen and oxygen atoms in total. The highest BCUT2D eigenvalue weighted by Gasteiger charge is 2.24. The number of alkyl halides is 1. The van der Waals surface area contributed by atoms with E-state index >= 15 is 0 Å². The summed E-state index contributed by atoms with van der Waals surface area (Å²) < 4.78 is 0. The monoisotopic (exact) mass is 267 g/mol. The van der Waals surface area contributed by atoms with Gasteiger partial charge in [0.1, 0.15) is 0 Å². The molecule has 1 aliphatic heterocycles. The van der Waals surface area contributed by atoms with E-state index in [1.807, 2.05) is 13.1 Å². The third-order valence-corrected chi connectivity index (χ3v) is 4.08. The number of hydrogen-bond donors (Lipinski definition) is 0. The molecule has 0 radical (unpaired) electrons. The lowest BCUT2D eigenvalue weighted by atomic mass is 10.0. The van der Waals surface area contributed by atoms with Crippen LogP contribution in [0.1, 0.15) is 29.3 Å². The molecule has 3 heteroatoms. The lowest BCUT2D eigenvalue weighted by molar-refractivity contribution is -0.117. The van der Waals surface area contributed by atoms with Crippen molar-refractivity contribution in [2.24, 2.45) is 0 Å². The van der Waals surface area contributed by atoms with Gasteiger partial charge < -0.3 is 4.90 Å². The van der Waals surface area contributed by atoms with Gasteiger partial charge in [-0.15, -0.1) is 0 Å². The van der Waals surface area contributed by atoms with Gasteiger partial charge in [-0.2, -0.15) is 0 Å². The zero-order valence-corrected chi connectivity index (χ0v) is 10.5. The minimum absolute atomic E-state index is 0.185. The fraction of sp³-hybridized carbons (Fsp3) is 0.417. The number of halogens is 1. The van der Waals surface area contributed by atoms with E-state index in [1.165, 1.54) is 5.56 Å². The van der Waals surface area contributed by atoms with Crippen LogP contribution in [0.15, 0.2) is 18.2 Å². The number of fused-ring (bicyclic) bond motifs is 1. The van der Waals surface area contributed by atoms with E-state index < -0.39 is 0 Å². The highest BCUT2D eigenvalue weighted by atomic mass is 79.9. The summed E-state index contributed by atoms with van der Waals surface area (Å²) in [6, 6.07) is 6.27. The first-order valence-corrected chi connectivity index (χ1v) is 6.08. The molecule has 1 amide bonds. The average Bonchev–Trinajstić information content (AvgIpc) is 2.53. The van der Waals surface area contributed by atoms with Crippen molar-refractivity contribution in [3.05, 3.63) is 29.3 Å². The smallest absolute Gasteiger partial charge is 0.231 e. The number of amides is 1. The maximum Gasteiger partial charge on any atom is 0.231 e. The summed E-state index contributed by atoms with van der Waals surface area (Å²) >= 11 is 3.62. The Labute approximate surface area is 98.4 Å². The van der Waals surface area contributed by atoms with Crippen LogP contribution in [0, 0.1) is 0 Å². The van der Waals surface area contributed by atoms with Gasteiger partial charge in [-0.1, -0.05) is 35.0 Å². The average molecular weight is 268 g/mol. The van der Waals surface area contributed by atoms with Gasteiger partial charge in [0.25, 0.3) is 0 Å². The zero-order chi connectivity index (χ0) is 11.0. The summed E-state index contributed by atoms with van der Waals surface area (Å²) in [5, 5.41) is 0. The minimum atomic E-state index is 0.185. The first-order valence-electron chi connectivity index (χ1n) is 5.17. The number of hydrogen-bond acceptors (Lipinski definition) is 1. The van der Waals surface area contributed by atoms with E-state index in [0.29, 0.717) is 11.2 Å². The molecule has 0 saturated heterocycles. The molecular formula is C12H14BrNO. The van der Waals surface area contributed by atoms with Gasteiger partial charge in [0.05, 0.1) is 6.42 Å².